The summed E-state index contributed by atoms with van der Waals surface area (Å²) < 4.78 is 10.9. The zero-order valence-corrected chi connectivity index (χ0v) is 22.2. The van der Waals surface area contributed by atoms with Crippen LogP contribution in [0.5, 0.6) is 5.75 Å². The van der Waals surface area contributed by atoms with E-state index in [1.54, 1.807) is 36.9 Å². The third kappa shape index (κ3) is 5.45. The number of benzene rings is 2. The molecule has 0 aliphatic carbocycles. The van der Waals surface area contributed by atoms with Crippen LogP contribution in [0.2, 0.25) is 10.0 Å². The molecule has 36 heavy (non-hydrogen) atoms. The zero-order chi connectivity index (χ0) is 25.8. The van der Waals surface area contributed by atoms with Crippen LogP contribution in [-0.4, -0.2) is 35.8 Å². The van der Waals surface area contributed by atoms with Crippen LogP contribution in [-0.2, 0) is 25.0 Å². The molecule has 2 aromatic carbocycles. The van der Waals surface area contributed by atoms with Gasteiger partial charge in [0, 0.05) is 24.7 Å². The minimum Gasteiger partial charge on any atom is -0.484 e. The van der Waals surface area contributed by atoms with Crippen molar-refractivity contribution >= 4 is 46.6 Å². The largest absolute Gasteiger partial charge is 0.484 e. The molecule has 0 aliphatic rings. The highest BCUT2D eigenvalue weighted by Gasteiger charge is 2.19. The number of aromatic nitrogens is 5. The number of hydrogen-bond donors (Lipinski definition) is 1. The molecular weight excluding hydrogens is 523 g/mol. The summed E-state index contributed by atoms with van der Waals surface area (Å²) in [6.45, 7) is 4.45. The summed E-state index contributed by atoms with van der Waals surface area (Å²) in [6.07, 6.45) is 0. The van der Waals surface area contributed by atoms with Gasteiger partial charge in [0.05, 0.1) is 22.2 Å². The van der Waals surface area contributed by atoms with E-state index in [1.807, 2.05) is 41.8 Å². The van der Waals surface area contributed by atoms with Crippen molar-refractivity contribution in [3.05, 3.63) is 80.4 Å². The summed E-state index contributed by atoms with van der Waals surface area (Å²) in [4.78, 5) is 25.8. The third-order valence-electron chi connectivity index (χ3n) is 5.51. The number of halogens is 2. The van der Waals surface area contributed by atoms with Crippen LogP contribution < -0.4 is 15.6 Å². The van der Waals surface area contributed by atoms with Gasteiger partial charge in [0.1, 0.15) is 18.0 Å². The molecule has 0 unspecified atom stereocenters. The zero-order valence-electron chi connectivity index (χ0n) is 19.9. The summed E-state index contributed by atoms with van der Waals surface area (Å²) >= 11 is 13.4. The minimum atomic E-state index is -0.319. The fourth-order valence-electron chi connectivity index (χ4n) is 3.60. The van der Waals surface area contributed by atoms with Crippen molar-refractivity contribution in [1.29, 1.82) is 0 Å². The molecule has 0 saturated heterocycles. The van der Waals surface area contributed by atoms with Crippen molar-refractivity contribution in [1.82, 2.24) is 24.1 Å². The van der Waals surface area contributed by atoms with Crippen LogP contribution in [0.4, 0.5) is 5.69 Å². The van der Waals surface area contributed by atoms with Gasteiger partial charge in [0.2, 0.25) is 5.91 Å². The lowest BCUT2D eigenvalue weighted by Crippen LogP contribution is -2.23. The summed E-state index contributed by atoms with van der Waals surface area (Å²) in [7, 11) is 1.78. The fourth-order valence-corrected chi connectivity index (χ4v) is 4.75. The van der Waals surface area contributed by atoms with Gasteiger partial charge in [0.25, 0.3) is 5.56 Å². The fraction of sp³-hybridized carbons (Fsp3) is 0.250. The highest BCUT2D eigenvalue weighted by atomic mass is 35.5. The van der Waals surface area contributed by atoms with E-state index < -0.39 is 0 Å². The Morgan fingerprint density at radius 2 is 1.89 bits per heavy atom. The summed E-state index contributed by atoms with van der Waals surface area (Å²) in [6, 6.07) is 14.2. The number of carbonyl (C=O) groups excluding carboxylic acids is 1. The molecule has 0 atom stereocenters. The number of amides is 1. The first-order valence-corrected chi connectivity index (χ1v) is 12.8. The predicted molar refractivity (Wildman–Crippen MR) is 142 cm³/mol. The van der Waals surface area contributed by atoms with Crippen molar-refractivity contribution in [2.24, 2.45) is 7.05 Å². The maximum absolute atomic E-state index is 13.0. The Balaban J connectivity index is 1.43. The Kier molecular flexibility index (Phi) is 8.07. The van der Waals surface area contributed by atoms with E-state index in [0.29, 0.717) is 44.7 Å². The minimum absolute atomic E-state index is 0.0538. The van der Waals surface area contributed by atoms with Crippen molar-refractivity contribution < 1.29 is 9.53 Å². The van der Waals surface area contributed by atoms with E-state index in [2.05, 4.69) is 15.5 Å². The van der Waals surface area contributed by atoms with Crippen molar-refractivity contribution in [3.63, 3.8) is 0 Å². The number of nitrogens with one attached hydrogen (secondary N) is 1. The molecule has 12 heteroatoms. The van der Waals surface area contributed by atoms with E-state index in [9.17, 15) is 9.59 Å². The number of ether oxygens (including phenoxy) is 1. The standard InChI is InChI=1S/C24H24Cl2N6O3S/c1-4-31-20(13-35-19-12-16(25)10-11-18(19)26)28-29-24(31)36-14-21(33)27-22-15(2)30(3)32(23(22)34)17-8-6-5-7-9-17/h5-12H,4,13-14H2,1-3H3,(H,27,33). The van der Waals surface area contributed by atoms with E-state index in [0.717, 1.165) is 0 Å². The molecule has 0 saturated carbocycles. The number of rotatable bonds is 9. The molecule has 0 bridgehead atoms. The van der Waals surface area contributed by atoms with Crippen molar-refractivity contribution in [2.75, 3.05) is 11.1 Å². The van der Waals surface area contributed by atoms with E-state index in [1.165, 1.54) is 16.4 Å². The van der Waals surface area contributed by atoms with E-state index in [4.69, 9.17) is 27.9 Å². The van der Waals surface area contributed by atoms with Gasteiger partial charge in [0.15, 0.2) is 11.0 Å². The maximum Gasteiger partial charge on any atom is 0.295 e. The molecule has 1 N–H and O–H groups in total. The van der Waals surface area contributed by atoms with Crippen molar-refractivity contribution in [3.8, 4) is 11.4 Å². The lowest BCUT2D eigenvalue weighted by molar-refractivity contribution is -0.113. The van der Waals surface area contributed by atoms with E-state index >= 15 is 0 Å². The lowest BCUT2D eigenvalue weighted by atomic mass is 10.3. The van der Waals surface area contributed by atoms with Gasteiger partial charge in [-0.2, -0.15) is 0 Å². The summed E-state index contributed by atoms with van der Waals surface area (Å²) in [5.41, 5.74) is 1.32. The van der Waals surface area contributed by atoms with Gasteiger partial charge in [-0.25, -0.2) is 4.68 Å². The Hall–Kier alpha value is -3.21. The molecular formula is C24H24Cl2N6O3S. The molecule has 4 rings (SSSR count). The van der Waals surface area contributed by atoms with Gasteiger partial charge in [-0.15, -0.1) is 10.2 Å². The normalized spacial score (nSPS) is 11.0. The maximum atomic E-state index is 13.0. The number of nitrogens with zero attached hydrogens (tertiary/aromatic N) is 5. The van der Waals surface area contributed by atoms with Crippen LogP contribution in [0.3, 0.4) is 0 Å². The van der Waals surface area contributed by atoms with Crippen LogP contribution in [0.1, 0.15) is 18.4 Å². The molecule has 0 spiro atoms. The molecule has 1 amide bonds. The molecule has 9 nitrogen and oxygen atoms in total. The van der Waals surface area contributed by atoms with Gasteiger partial charge in [-0.3, -0.25) is 14.3 Å². The Morgan fingerprint density at radius 3 is 2.61 bits per heavy atom. The highest BCUT2D eigenvalue weighted by molar-refractivity contribution is 7.99. The number of para-hydroxylation sites is 1. The average Bonchev–Trinajstić information content (AvgIpc) is 3.36. The lowest BCUT2D eigenvalue weighted by Gasteiger charge is -2.10. The third-order valence-corrected chi connectivity index (χ3v) is 7.02. The summed E-state index contributed by atoms with van der Waals surface area (Å²) in [5.74, 6) is 0.766. The molecule has 0 aliphatic heterocycles. The van der Waals surface area contributed by atoms with Gasteiger partial charge in [-0.05, 0) is 38.1 Å². The Morgan fingerprint density at radius 1 is 1.14 bits per heavy atom. The quantitative estimate of drug-likeness (QED) is 0.305. The highest BCUT2D eigenvalue weighted by Crippen LogP contribution is 2.28. The molecule has 2 aromatic heterocycles. The number of carbonyl (C=O) groups is 1. The number of thioether (sulfide) groups is 1. The summed E-state index contributed by atoms with van der Waals surface area (Å²) in [5, 5.41) is 12.7. The smallest absolute Gasteiger partial charge is 0.295 e. The number of anilines is 1. The Bertz CT molecular complexity index is 1450. The topological polar surface area (TPSA) is 96.0 Å². The molecule has 0 radical (unpaired) electrons. The average molecular weight is 547 g/mol. The number of hydrogen-bond acceptors (Lipinski definition) is 6. The van der Waals surface area contributed by atoms with Crippen LogP contribution in [0, 0.1) is 6.92 Å². The SMILES string of the molecule is CCn1c(COc2cc(Cl)ccc2Cl)nnc1SCC(=O)Nc1c(C)n(C)n(-c2ccccc2)c1=O. The molecule has 188 valence electrons. The monoisotopic (exact) mass is 546 g/mol. The molecule has 0 fully saturated rings. The first-order chi connectivity index (χ1) is 17.3. The second kappa shape index (κ2) is 11.2. The van der Waals surface area contributed by atoms with E-state index in [-0.39, 0.29) is 29.5 Å². The van der Waals surface area contributed by atoms with Gasteiger partial charge >= 0.3 is 0 Å². The second-order valence-corrected chi connectivity index (χ2v) is 9.57. The first-order valence-electron chi connectivity index (χ1n) is 11.1. The molecule has 2 heterocycles. The second-order valence-electron chi connectivity index (χ2n) is 7.78. The van der Waals surface area contributed by atoms with Gasteiger partial charge in [-0.1, -0.05) is 53.2 Å². The van der Waals surface area contributed by atoms with Crippen molar-refractivity contribution in [2.45, 2.75) is 32.2 Å². The molecule has 4 aromatic rings. The van der Waals surface area contributed by atoms with Crippen LogP contribution in [0.25, 0.3) is 5.69 Å². The van der Waals surface area contributed by atoms with Crippen LogP contribution >= 0.6 is 35.0 Å². The van der Waals surface area contributed by atoms with Crippen LogP contribution in [0.15, 0.2) is 58.5 Å². The Labute approximate surface area is 222 Å². The van der Waals surface area contributed by atoms with Gasteiger partial charge < -0.3 is 14.6 Å². The first kappa shape index (κ1) is 25.9. The predicted octanol–water partition coefficient (Wildman–Crippen LogP) is 4.71.